The zero-order valence-corrected chi connectivity index (χ0v) is 11.6. The second-order valence-electron chi connectivity index (χ2n) is 4.62. The molecule has 3 rings (SSSR count). The van der Waals surface area contributed by atoms with E-state index >= 15 is 0 Å². The van der Waals surface area contributed by atoms with E-state index in [-0.39, 0.29) is 5.02 Å². The minimum atomic E-state index is -0.462. The van der Waals surface area contributed by atoms with E-state index in [0.29, 0.717) is 23.6 Å². The Morgan fingerprint density at radius 2 is 2.10 bits per heavy atom. The molecule has 0 fully saturated rings. The highest BCUT2D eigenvalue weighted by atomic mass is 35.5. The number of fused-ring (bicyclic) bond motifs is 1. The minimum absolute atomic E-state index is 0.0632. The summed E-state index contributed by atoms with van der Waals surface area (Å²) in [5.41, 5.74) is 8.72. The molecule has 0 saturated carbocycles. The summed E-state index contributed by atoms with van der Waals surface area (Å²) in [4.78, 5) is 4.25. The van der Waals surface area contributed by atoms with Crippen molar-refractivity contribution in [1.29, 1.82) is 5.26 Å². The zero-order valence-electron chi connectivity index (χ0n) is 10.8. The first-order valence-electron chi connectivity index (χ1n) is 6.18. The number of nitrogens with zero attached hydrogens (tertiary/aromatic N) is 3. The van der Waals surface area contributed by atoms with Gasteiger partial charge in [-0.1, -0.05) is 17.7 Å². The first-order valence-corrected chi connectivity index (χ1v) is 6.56. The summed E-state index contributed by atoms with van der Waals surface area (Å²) in [7, 11) is 0. The smallest absolute Gasteiger partial charge is 0.201 e. The molecule has 0 aliphatic rings. The Morgan fingerprint density at radius 3 is 2.81 bits per heavy atom. The van der Waals surface area contributed by atoms with Gasteiger partial charge in [0.1, 0.15) is 5.82 Å². The molecule has 2 N–H and O–H groups in total. The second-order valence-corrected chi connectivity index (χ2v) is 5.03. The first kappa shape index (κ1) is 13.4. The fourth-order valence-electron chi connectivity index (χ4n) is 2.20. The number of benzene rings is 2. The Labute approximate surface area is 125 Å². The molecule has 1 aromatic heterocycles. The van der Waals surface area contributed by atoms with Crippen molar-refractivity contribution in [3.63, 3.8) is 0 Å². The molecule has 0 aliphatic heterocycles. The van der Waals surface area contributed by atoms with Gasteiger partial charge in [0.15, 0.2) is 0 Å². The Hall–Kier alpha value is -2.58. The summed E-state index contributed by atoms with van der Waals surface area (Å²) in [6.45, 7) is 0.400. The van der Waals surface area contributed by atoms with Crippen LogP contribution in [0, 0.1) is 17.1 Å². The van der Waals surface area contributed by atoms with Gasteiger partial charge in [0.25, 0.3) is 0 Å². The zero-order chi connectivity index (χ0) is 15.0. The number of aromatic nitrogens is 2. The van der Waals surface area contributed by atoms with Crippen LogP contribution in [0.25, 0.3) is 11.0 Å². The Bertz CT molecular complexity index is 879. The highest BCUT2D eigenvalue weighted by Crippen LogP contribution is 2.22. The van der Waals surface area contributed by atoms with Crippen molar-refractivity contribution in [3.05, 3.63) is 58.4 Å². The van der Waals surface area contributed by atoms with Gasteiger partial charge in [0, 0.05) is 0 Å². The third-order valence-corrected chi connectivity index (χ3v) is 3.52. The lowest BCUT2D eigenvalue weighted by Gasteiger charge is -2.07. The summed E-state index contributed by atoms with van der Waals surface area (Å²) in [5, 5.41) is 9.04. The first-order chi connectivity index (χ1) is 10.1. The summed E-state index contributed by atoms with van der Waals surface area (Å²) in [6.07, 6.45) is 0. The molecule has 0 saturated heterocycles. The van der Waals surface area contributed by atoms with E-state index < -0.39 is 5.82 Å². The molecule has 0 bridgehead atoms. The molecule has 0 aliphatic carbocycles. The predicted molar refractivity (Wildman–Crippen MR) is 79.4 cm³/mol. The molecule has 21 heavy (non-hydrogen) atoms. The van der Waals surface area contributed by atoms with Crippen molar-refractivity contribution in [1.82, 2.24) is 9.55 Å². The lowest BCUT2D eigenvalue weighted by atomic mass is 10.2. The van der Waals surface area contributed by atoms with Crippen molar-refractivity contribution in [2.24, 2.45) is 0 Å². The van der Waals surface area contributed by atoms with Gasteiger partial charge in [0.2, 0.25) is 5.95 Å². The van der Waals surface area contributed by atoms with Crippen LogP contribution < -0.4 is 5.73 Å². The van der Waals surface area contributed by atoms with Crippen LogP contribution in [0.5, 0.6) is 0 Å². The summed E-state index contributed by atoms with van der Waals surface area (Å²) < 4.78 is 15.0. The van der Waals surface area contributed by atoms with E-state index in [2.05, 4.69) is 11.1 Å². The maximum Gasteiger partial charge on any atom is 0.201 e. The molecular formula is C15H10ClFN4. The van der Waals surface area contributed by atoms with Crippen molar-refractivity contribution in [2.75, 3.05) is 5.73 Å². The predicted octanol–water partition coefficient (Wildman–Crippen LogP) is 3.33. The van der Waals surface area contributed by atoms with E-state index in [0.717, 1.165) is 11.1 Å². The molecule has 0 spiro atoms. The van der Waals surface area contributed by atoms with Crippen LogP contribution in [-0.4, -0.2) is 9.55 Å². The molecule has 0 unspecified atom stereocenters. The lowest BCUT2D eigenvalue weighted by molar-refractivity contribution is 0.627. The van der Waals surface area contributed by atoms with Gasteiger partial charge in [-0.15, -0.1) is 0 Å². The number of nitriles is 1. The average Bonchev–Trinajstić information content (AvgIpc) is 2.78. The van der Waals surface area contributed by atoms with E-state index in [4.69, 9.17) is 22.6 Å². The van der Waals surface area contributed by atoms with Crippen LogP contribution in [-0.2, 0) is 6.54 Å². The Morgan fingerprint density at radius 1 is 1.29 bits per heavy atom. The highest BCUT2D eigenvalue weighted by Gasteiger charge is 2.10. The van der Waals surface area contributed by atoms with Crippen molar-refractivity contribution >= 4 is 28.6 Å². The normalized spacial score (nSPS) is 10.7. The fraction of sp³-hybridized carbons (Fsp3) is 0.0667. The molecule has 0 atom stereocenters. The Balaban J connectivity index is 2.09. The maximum atomic E-state index is 13.2. The van der Waals surface area contributed by atoms with Gasteiger partial charge in [-0.3, -0.25) is 0 Å². The summed E-state index contributed by atoms with van der Waals surface area (Å²) in [5.74, 6) is -0.129. The monoisotopic (exact) mass is 300 g/mol. The van der Waals surface area contributed by atoms with Crippen molar-refractivity contribution < 1.29 is 4.39 Å². The topological polar surface area (TPSA) is 67.6 Å². The average molecular weight is 301 g/mol. The summed E-state index contributed by atoms with van der Waals surface area (Å²) >= 11 is 5.79. The van der Waals surface area contributed by atoms with Gasteiger partial charge >= 0.3 is 0 Å². The van der Waals surface area contributed by atoms with Crippen molar-refractivity contribution in [3.8, 4) is 6.07 Å². The van der Waals surface area contributed by atoms with Crippen LogP contribution >= 0.6 is 11.6 Å². The molecule has 0 amide bonds. The van der Waals surface area contributed by atoms with Crippen LogP contribution in [0.4, 0.5) is 10.3 Å². The fourth-order valence-corrected chi connectivity index (χ4v) is 2.40. The van der Waals surface area contributed by atoms with E-state index in [1.807, 2.05) is 0 Å². The number of nitrogens with two attached hydrogens (primary N) is 1. The second kappa shape index (κ2) is 5.08. The molecule has 6 heteroatoms. The number of imidazole rings is 1. The molecule has 4 nitrogen and oxygen atoms in total. The highest BCUT2D eigenvalue weighted by molar-refractivity contribution is 6.30. The number of hydrogen-bond acceptors (Lipinski definition) is 3. The van der Waals surface area contributed by atoms with Crippen LogP contribution in [0.2, 0.25) is 5.02 Å². The van der Waals surface area contributed by atoms with Gasteiger partial charge in [-0.05, 0) is 35.9 Å². The third kappa shape index (κ3) is 2.41. The minimum Gasteiger partial charge on any atom is -0.369 e. The van der Waals surface area contributed by atoms with Crippen LogP contribution in [0.15, 0.2) is 36.4 Å². The standard InChI is InChI=1S/C15H10ClFN4/c16-11-5-10(1-3-12(11)17)8-21-14-6-9(7-18)2-4-13(14)20-15(21)19/h1-6H,8H2,(H2,19,20). The van der Waals surface area contributed by atoms with Crippen LogP contribution in [0.1, 0.15) is 11.1 Å². The molecule has 3 aromatic rings. The quantitative estimate of drug-likeness (QED) is 0.789. The molecule has 2 aromatic carbocycles. The maximum absolute atomic E-state index is 13.2. The van der Waals surface area contributed by atoms with Gasteiger partial charge in [0.05, 0.1) is 34.2 Å². The number of halogens is 2. The Kier molecular flexibility index (Phi) is 3.24. The van der Waals surface area contributed by atoms with Crippen LogP contribution in [0.3, 0.4) is 0 Å². The van der Waals surface area contributed by atoms with Gasteiger partial charge in [-0.25, -0.2) is 9.37 Å². The van der Waals surface area contributed by atoms with Gasteiger partial charge < -0.3 is 10.3 Å². The van der Waals surface area contributed by atoms with Gasteiger partial charge in [-0.2, -0.15) is 5.26 Å². The number of hydrogen-bond donors (Lipinski definition) is 1. The number of rotatable bonds is 2. The lowest BCUT2D eigenvalue weighted by Crippen LogP contribution is -2.04. The number of nitrogen functional groups attached to an aromatic ring is 1. The molecule has 104 valence electrons. The third-order valence-electron chi connectivity index (χ3n) is 3.23. The molecular weight excluding hydrogens is 291 g/mol. The largest absolute Gasteiger partial charge is 0.369 e. The summed E-state index contributed by atoms with van der Waals surface area (Å²) in [6, 6.07) is 11.8. The number of anilines is 1. The van der Waals surface area contributed by atoms with E-state index in [9.17, 15) is 4.39 Å². The van der Waals surface area contributed by atoms with Crippen molar-refractivity contribution in [2.45, 2.75) is 6.54 Å². The van der Waals surface area contributed by atoms with E-state index in [1.165, 1.54) is 6.07 Å². The van der Waals surface area contributed by atoms with E-state index in [1.54, 1.807) is 34.9 Å². The SMILES string of the molecule is N#Cc1ccc2nc(N)n(Cc3ccc(F)c(Cl)c3)c2c1. The molecule has 1 heterocycles. The molecule has 0 radical (unpaired) electrons.